The summed E-state index contributed by atoms with van der Waals surface area (Å²) in [4.78, 5) is 0. The fourth-order valence-electron chi connectivity index (χ4n) is 1.51. The molecule has 0 amide bonds. The van der Waals surface area contributed by atoms with Gasteiger partial charge in [-0.05, 0) is 18.6 Å². The summed E-state index contributed by atoms with van der Waals surface area (Å²) >= 11 is 11.8. The number of halogens is 2. The molecule has 0 aromatic heterocycles. The first kappa shape index (κ1) is 11.1. The zero-order chi connectivity index (χ0) is 10.7. The minimum atomic E-state index is 0.472. The third-order valence-corrected chi connectivity index (χ3v) is 2.94. The number of rotatable bonds is 3. The summed E-state index contributed by atoms with van der Waals surface area (Å²) in [6.45, 7) is 2.25. The van der Waals surface area contributed by atoms with Crippen molar-refractivity contribution in [3.63, 3.8) is 0 Å². The highest BCUT2D eigenvalue weighted by Crippen LogP contribution is 2.28. The molecule has 1 saturated heterocycles. The van der Waals surface area contributed by atoms with Crippen LogP contribution in [0.3, 0.4) is 0 Å². The summed E-state index contributed by atoms with van der Waals surface area (Å²) in [5.74, 6) is 1.12. The molecule has 1 aliphatic rings. The van der Waals surface area contributed by atoms with E-state index in [4.69, 9.17) is 32.7 Å². The molecule has 4 heteroatoms. The van der Waals surface area contributed by atoms with Gasteiger partial charge in [-0.25, -0.2) is 0 Å². The van der Waals surface area contributed by atoms with E-state index in [0.29, 0.717) is 28.3 Å². The Hall–Kier alpha value is -0.440. The van der Waals surface area contributed by atoms with E-state index in [1.807, 2.05) is 0 Å². The minimum absolute atomic E-state index is 0.472. The van der Waals surface area contributed by atoms with Crippen LogP contribution in [0.4, 0.5) is 0 Å². The maximum Gasteiger partial charge on any atom is 0.139 e. The van der Waals surface area contributed by atoms with Crippen LogP contribution in [-0.2, 0) is 4.74 Å². The number of benzene rings is 1. The molecule has 0 saturated carbocycles. The van der Waals surface area contributed by atoms with E-state index in [0.717, 1.165) is 19.6 Å². The molecule has 0 spiro atoms. The van der Waals surface area contributed by atoms with Gasteiger partial charge in [0.1, 0.15) is 5.75 Å². The lowest BCUT2D eigenvalue weighted by Gasteiger charge is -2.11. The normalized spacial score (nSPS) is 20.5. The molecule has 1 heterocycles. The molecule has 2 nitrogen and oxygen atoms in total. The summed E-state index contributed by atoms with van der Waals surface area (Å²) in [6, 6.07) is 5.22. The second kappa shape index (κ2) is 5.06. The highest BCUT2D eigenvalue weighted by Gasteiger charge is 2.16. The van der Waals surface area contributed by atoms with Crippen molar-refractivity contribution >= 4 is 23.2 Å². The molecular weight excluding hydrogens is 235 g/mol. The van der Waals surface area contributed by atoms with Crippen LogP contribution in [0.1, 0.15) is 6.42 Å². The predicted molar refractivity (Wildman–Crippen MR) is 60.9 cm³/mol. The van der Waals surface area contributed by atoms with Gasteiger partial charge in [0.25, 0.3) is 0 Å². The second-order valence-electron chi connectivity index (χ2n) is 3.62. The van der Waals surface area contributed by atoms with Crippen molar-refractivity contribution in [2.45, 2.75) is 6.42 Å². The summed E-state index contributed by atoms with van der Waals surface area (Å²) in [7, 11) is 0. The Morgan fingerprint density at radius 2 is 2.27 bits per heavy atom. The Morgan fingerprint density at radius 3 is 3.00 bits per heavy atom. The highest BCUT2D eigenvalue weighted by molar-refractivity contribution is 6.34. The average molecular weight is 247 g/mol. The molecular formula is C11H12Cl2O2. The number of hydrogen-bond donors (Lipinski definition) is 0. The molecule has 0 N–H and O–H groups in total. The molecule has 1 aliphatic heterocycles. The van der Waals surface area contributed by atoms with Crippen LogP contribution in [0.25, 0.3) is 0 Å². The molecule has 1 fully saturated rings. The third-order valence-electron chi connectivity index (χ3n) is 2.39. The van der Waals surface area contributed by atoms with Crippen molar-refractivity contribution in [3.05, 3.63) is 28.2 Å². The monoisotopic (exact) mass is 246 g/mol. The lowest BCUT2D eigenvalue weighted by Crippen LogP contribution is -2.11. The zero-order valence-electron chi connectivity index (χ0n) is 8.21. The van der Waals surface area contributed by atoms with E-state index in [-0.39, 0.29) is 0 Å². The topological polar surface area (TPSA) is 18.5 Å². The summed E-state index contributed by atoms with van der Waals surface area (Å²) in [6.07, 6.45) is 1.05. The van der Waals surface area contributed by atoms with Crippen LogP contribution in [0.15, 0.2) is 18.2 Å². The first-order valence-electron chi connectivity index (χ1n) is 4.91. The lowest BCUT2D eigenvalue weighted by atomic mass is 10.1. The van der Waals surface area contributed by atoms with Gasteiger partial charge in [0.2, 0.25) is 0 Å². The van der Waals surface area contributed by atoms with E-state index in [9.17, 15) is 0 Å². The molecule has 1 unspecified atom stereocenters. The molecule has 2 rings (SSSR count). The van der Waals surface area contributed by atoms with Crippen LogP contribution in [0.5, 0.6) is 5.75 Å². The predicted octanol–water partition coefficient (Wildman–Crippen LogP) is 3.41. The van der Waals surface area contributed by atoms with Crippen molar-refractivity contribution < 1.29 is 9.47 Å². The third kappa shape index (κ3) is 3.00. The van der Waals surface area contributed by atoms with Gasteiger partial charge in [-0.15, -0.1) is 0 Å². The van der Waals surface area contributed by atoms with E-state index in [1.165, 1.54) is 0 Å². The van der Waals surface area contributed by atoms with Gasteiger partial charge in [-0.2, -0.15) is 0 Å². The lowest BCUT2D eigenvalue weighted by molar-refractivity contribution is 0.167. The van der Waals surface area contributed by atoms with Crippen molar-refractivity contribution in [1.82, 2.24) is 0 Å². The van der Waals surface area contributed by atoms with E-state index in [1.54, 1.807) is 18.2 Å². The van der Waals surface area contributed by atoms with Crippen molar-refractivity contribution in [1.29, 1.82) is 0 Å². The quantitative estimate of drug-likeness (QED) is 0.814. The van der Waals surface area contributed by atoms with Gasteiger partial charge in [-0.3, -0.25) is 0 Å². The van der Waals surface area contributed by atoms with Crippen molar-refractivity contribution in [2.75, 3.05) is 19.8 Å². The first-order valence-corrected chi connectivity index (χ1v) is 5.67. The minimum Gasteiger partial charge on any atom is -0.492 e. The molecule has 1 aromatic rings. The fraction of sp³-hybridized carbons (Fsp3) is 0.455. The van der Waals surface area contributed by atoms with E-state index >= 15 is 0 Å². The molecule has 82 valence electrons. The van der Waals surface area contributed by atoms with Crippen LogP contribution in [0.2, 0.25) is 10.0 Å². The van der Waals surface area contributed by atoms with Crippen LogP contribution in [0, 0.1) is 5.92 Å². The molecule has 0 radical (unpaired) electrons. The summed E-state index contributed by atoms with van der Waals surface area (Å²) in [5, 5.41) is 1.23. The van der Waals surface area contributed by atoms with E-state index in [2.05, 4.69) is 0 Å². The zero-order valence-corrected chi connectivity index (χ0v) is 9.72. The van der Waals surface area contributed by atoms with Crippen molar-refractivity contribution in [2.24, 2.45) is 5.92 Å². The van der Waals surface area contributed by atoms with Gasteiger partial charge in [0.05, 0.1) is 18.2 Å². The maximum absolute atomic E-state index is 5.97. The molecule has 1 aromatic carbocycles. The highest BCUT2D eigenvalue weighted by atomic mass is 35.5. The maximum atomic E-state index is 5.97. The number of ether oxygens (including phenoxy) is 2. The van der Waals surface area contributed by atoms with Gasteiger partial charge in [0.15, 0.2) is 0 Å². The largest absolute Gasteiger partial charge is 0.492 e. The second-order valence-corrected chi connectivity index (χ2v) is 4.46. The van der Waals surface area contributed by atoms with Crippen LogP contribution in [-0.4, -0.2) is 19.8 Å². The smallest absolute Gasteiger partial charge is 0.139 e. The average Bonchev–Trinajstić information content (AvgIpc) is 2.72. The summed E-state index contributed by atoms with van der Waals surface area (Å²) < 4.78 is 10.9. The Morgan fingerprint density at radius 1 is 1.40 bits per heavy atom. The standard InChI is InChI=1S/C11H12Cl2O2/c12-9-1-2-10(13)11(5-9)15-7-8-3-4-14-6-8/h1-2,5,8H,3-4,6-7H2. The Balaban J connectivity index is 1.94. The fourth-order valence-corrected chi connectivity index (χ4v) is 1.84. The SMILES string of the molecule is Clc1ccc(Cl)c(OCC2CCOC2)c1. The molecule has 15 heavy (non-hydrogen) atoms. The van der Waals surface area contributed by atoms with Gasteiger partial charge in [-0.1, -0.05) is 23.2 Å². The van der Waals surface area contributed by atoms with Crippen LogP contribution < -0.4 is 4.74 Å². The Bertz CT molecular complexity index is 335. The van der Waals surface area contributed by atoms with Gasteiger partial charge >= 0.3 is 0 Å². The summed E-state index contributed by atoms with van der Waals surface area (Å²) in [5.41, 5.74) is 0. The number of hydrogen-bond acceptors (Lipinski definition) is 2. The Labute approximate surface area is 99.1 Å². The molecule has 0 bridgehead atoms. The van der Waals surface area contributed by atoms with Gasteiger partial charge in [0, 0.05) is 23.6 Å². The molecule has 1 atom stereocenters. The molecule has 0 aliphatic carbocycles. The van der Waals surface area contributed by atoms with Crippen LogP contribution >= 0.6 is 23.2 Å². The Kier molecular flexibility index (Phi) is 3.73. The van der Waals surface area contributed by atoms with Gasteiger partial charge < -0.3 is 9.47 Å². The van der Waals surface area contributed by atoms with Crippen molar-refractivity contribution in [3.8, 4) is 5.75 Å². The van der Waals surface area contributed by atoms with E-state index < -0.39 is 0 Å². The first-order chi connectivity index (χ1) is 7.25.